The summed E-state index contributed by atoms with van der Waals surface area (Å²) in [5.41, 5.74) is -0.884. The Morgan fingerprint density at radius 1 is 0.895 bits per heavy atom. The van der Waals surface area contributed by atoms with Crippen molar-refractivity contribution in [1.82, 2.24) is 5.32 Å². The third-order valence-electron chi connectivity index (χ3n) is 5.36. The van der Waals surface area contributed by atoms with Gasteiger partial charge in [0.1, 0.15) is 6.10 Å². The molecule has 1 amide bonds. The molecule has 16 heteroatoms. The quantitative estimate of drug-likeness (QED) is 0.311. The molecule has 2 aromatic carbocycles. The zero-order valence-electron chi connectivity index (χ0n) is 19.2. The van der Waals surface area contributed by atoms with Crippen LogP contribution in [0.15, 0.2) is 48.5 Å². The predicted molar refractivity (Wildman–Crippen MR) is 118 cm³/mol. The van der Waals surface area contributed by atoms with E-state index in [-0.39, 0.29) is 22.5 Å². The minimum atomic E-state index is -5.28. The lowest BCUT2D eigenvalue weighted by Gasteiger charge is -2.39. The van der Waals surface area contributed by atoms with Crippen molar-refractivity contribution >= 4 is 29.2 Å². The number of nitrogens with zero attached hydrogens (tertiary/aromatic N) is 2. The number of alkyl halides is 3. The van der Waals surface area contributed by atoms with Gasteiger partial charge >= 0.3 is 24.0 Å². The smallest absolute Gasteiger partial charge is 0.454 e. The Bertz CT molecular complexity index is 1230. The van der Waals surface area contributed by atoms with E-state index in [9.17, 15) is 47.8 Å². The minimum Gasteiger partial charge on any atom is -0.454 e. The van der Waals surface area contributed by atoms with E-state index in [4.69, 9.17) is 14.2 Å². The second-order valence-corrected chi connectivity index (χ2v) is 7.97. The molecule has 202 valence electrons. The van der Waals surface area contributed by atoms with Gasteiger partial charge in [-0.05, 0) is 31.2 Å². The fourth-order valence-corrected chi connectivity index (χ4v) is 3.50. The number of rotatable bonds is 7. The molecule has 0 spiro atoms. The van der Waals surface area contributed by atoms with Crippen molar-refractivity contribution in [2.75, 3.05) is 0 Å². The maximum absolute atomic E-state index is 12.9. The average molecular weight is 541 g/mol. The number of esters is 2. The summed E-state index contributed by atoms with van der Waals surface area (Å²) in [6.07, 6.45) is -9.99. The van der Waals surface area contributed by atoms with Gasteiger partial charge < -0.3 is 19.5 Å². The summed E-state index contributed by atoms with van der Waals surface area (Å²) >= 11 is 0. The number of hydrogen-bond donors (Lipinski definition) is 1. The number of ether oxygens (including phenoxy) is 3. The van der Waals surface area contributed by atoms with Crippen LogP contribution >= 0.6 is 0 Å². The zero-order chi connectivity index (χ0) is 28.2. The fraction of sp³-hybridized carbons (Fsp3) is 0.318. The van der Waals surface area contributed by atoms with Crippen LogP contribution in [0.1, 0.15) is 34.1 Å². The van der Waals surface area contributed by atoms with Crippen LogP contribution in [0.4, 0.5) is 24.5 Å². The van der Waals surface area contributed by atoms with Gasteiger partial charge in [-0.1, -0.05) is 0 Å². The number of nitrogens with one attached hydrogen (secondary N) is 1. The number of nitro benzene ring substituents is 2. The standard InChI is InChI=1S/C22H18F3N3O10/c1-11-18(38-20(30)13-4-8-15(9-5-13)28(34)35)16(26-21(31)22(23,24)25)10-17(36-11)37-19(29)12-2-6-14(7-3-12)27(32)33/h2-9,11,16-18H,10H2,1H3,(H,26,31)/t11-,16-,17+,18-/m0/s1. The lowest BCUT2D eigenvalue weighted by atomic mass is 9.98. The highest BCUT2D eigenvalue weighted by atomic mass is 19.4. The summed E-state index contributed by atoms with van der Waals surface area (Å²) in [4.78, 5) is 56.8. The molecule has 0 unspecified atom stereocenters. The minimum absolute atomic E-state index is 0.116. The van der Waals surface area contributed by atoms with Gasteiger partial charge in [0.05, 0.1) is 33.1 Å². The van der Waals surface area contributed by atoms with Crippen LogP contribution in [0, 0.1) is 20.2 Å². The summed E-state index contributed by atoms with van der Waals surface area (Å²) in [7, 11) is 0. The molecule has 0 bridgehead atoms. The Morgan fingerprint density at radius 3 is 1.76 bits per heavy atom. The maximum Gasteiger partial charge on any atom is 0.471 e. The van der Waals surface area contributed by atoms with Crippen LogP contribution < -0.4 is 5.32 Å². The van der Waals surface area contributed by atoms with Crippen molar-refractivity contribution in [3.63, 3.8) is 0 Å². The van der Waals surface area contributed by atoms with E-state index in [1.54, 1.807) is 5.32 Å². The highest BCUT2D eigenvalue weighted by Gasteiger charge is 2.46. The van der Waals surface area contributed by atoms with Gasteiger partial charge in [0, 0.05) is 30.7 Å². The van der Waals surface area contributed by atoms with Gasteiger partial charge in [0.15, 0.2) is 0 Å². The number of non-ortho nitro benzene ring substituents is 2. The lowest BCUT2D eigenvalue weighted by molar-refractivity contribution is -0.385. The Balaban J connectivity index is 1.76. The summed E-state index contributed by atoms with van der Waals surface area (Å²) < 4.78 is 54.7. The second-order valence-electron chi connectivity index (χ2n) is 7.97. The third kappa shape index (κ3) is 6.78. The van der Waals surface area contributed by atoms with Crippen LogP contribution in [0.5, 0.6) is 0 Å². The molecule has 0 aromatic heterocycles. The molecule has 0 radical (unpaired) electrons. The molecular formula is C22H18F3N3O10. The molecule has 13 nitrogen and oxygen atoms in total. The Kier molecular flexibility index (Phi) is 8.25. The maximum atomic E-state index is 12.9. The predicted octanol–water partition coefficient (Wildman–Crippen LogP) is 3.07. The molecule has 1 N–H and O–H groups in total. The van der Waals surface area contributed by atoms with E-state index in [0.717, 1.165) is 48.5 Å². The third-order valence-corrected chi connectivity index (χ3v) is 5.36. The summed E-state index contributed by atoms with van der Waals surface area (Å²) in [6, 6.07) is 6.96. The van der Waals surface area contributed by atoms with Crippen LogP contribution in [0.25, 0.3) is 0 Å². The number of nitro groups is 2. The number of amides is 1. The Hall–Kier alpha value is -4.60. The van der Waals surface area contributed by atoms with Crippen molar-refractivity contribution in [2.45, 2.75) is 44.1 Å². The molecule has 38 heavy (non-hydrogen) atoms. The Morgan fingerprint density at radius 2 is 1.34 bits per heavy atom. The van der Waals surface area contributed by atoms with E-state index >= 15 is 0 Å². The summed E-state index contributed by atoms with van der Waals surface area (Å²) in [6.45, 7) is 1.30. The zero-order valence-corrected chi connectivity index (χ0v) is 19.2. The molecule has 1 heterocycles. The van der Waals surface area contributed by atoms with Gasteiger partial charge in [-0.15, -0.1) is 0 Å². The van der Waals surface area contributed by atoms with Crippen LogP contribution in [-0.4, -0.2) is 58.4 Å². The normalized spacial score (nSPS) is 21.2. The first-order valence-corrected chi connectivity index (χ1v) is 10.7. The number of carbonyl (C=O) groups excluding carboxylic acids is 3. The summed E-state index contributed by atoms with van der Waals surface area (Å²) in [5.74, 6) is -4.42. The lowest BCUT2D eigenvalue weighted by Crippen LogP contribution is -2.58. The molecule has 1 fully saturated rings. The highest BCUT2D eigenvalue weighted by Crippen LogP contribution is 2.27. The molecule has 0 aliphatic carbocycles. The van der Waals surface area contributed by atoms with Crippen LogP contribution in [-0.2, 0) is 19.0 Å². The SMILES string of the molecule is C[C@@H]1O[C@H](OC(=O)c2ccc([N+](=O)[O-])cc2)C[C@H](NC(=O)C(F)(F)F)[C@H]1OC(=O)c1ccc([N+](=O)[O-])cc1. The van der Waals surface area contributed by atoms with Crippen molar-refractivity contribution in [1.29, 1.82) is 0 Å². The van der Waals surface area contributed by atoms with E-state index in [0.29, 0.717) is 0 Å². The van der Waals surface area contributed by atoms with E-state index in [1.165, 1.54) is 6.92 Å². The molecule has 4 atom stereocenters. The average Bonchev–Trinajstić information content (AvgIpc) is 2.85. The first-order valence-electron chi connectivity index (χ1n) is 10.7. The van der Waals surface area contributed by atoms with Crippen molar-refractivity contribution in [3.05, 3.63) is 79.9 Å². The molecule has 1 aliphatic rings. The Labute approximate surface area is 210 Å². The van der Waals surface area contributed by atoms with Gasteiger partial charge in [-0.25, -0.2) is 9.59 Å². The molecular weight excluding hydrogens is 523 g/mol. The highest BCUT2D eigenvalue weighted by molar-refractivity contribution is 5.90. The number of halogens is 3. The number of carbonyl (C=O) groups is 3. The topological polar surface area (TPSA) is 177 Å². The van der Waals surface area contributed by atoms with Crippen LogP contribution in [0.2, 0.25) is 0 Å². The largest absolute Gasteiger partial charge is 0.471 e. The van der Waals surface area contributed by atoms with Gasteiger partial charge in [-0.2, -0.15) is 13.2 Å². The van der Waals surface area contributed by atoms with Crippen molar-refractivity contribution in [2.24, 2.45) is 0 Å². The fourth-order valence-electron chi connectivity index (χ4n) is 3.50. The first kappa shape index (κ1) is 28.0. The van der Waals surface area contributed by atoms with Gasteiger partial charge in [-0.3, -0.25) is 25.0 Å². The first-order chi connectivity index (χ1) is 17.8. The van der Waals surface area contributed by atoms with Crippen LogP contribution in [0.3, 0.4) is 0 Å². The second kappa shape index (κ2) is 11.2. The van der Waals surface area contributed by atoms with E-state index < -0.39 is 64.8 Å². The van der Waals surface area contributed by atoms with Crippen molar-refractivity contribution in [3.8, 4) is 0 Å². The van der Waals surface area contributed by atoms with Crippen molar-refractivity contribution < 1.29 is 51.6 Å². The number of hydrogen-bond acceptors (Lipinski definition) is 10. The monoisotopic (exact) mass is 541 g/mol. The molecule has 3 rings (SSSR count). The number of benzene rings is 2. The molecule has 0 saturated carbocycles. The summed E-state index contributed by atoms with van der Waals surface area (Å²) in [5, 5.41) is 23.3. The molecule has 1 aliphatic heterocycles. The van der Waals surface area contributed by atoms with Gasteiger partial charge in [0.2, 0.25) is 6.29 Å². The van der Waals surface area contributed by atoms with E-state index in [2.05, 4.69) is 0 Å². The molecule has 1 saturated heterocycles. The molecule has 2 aromatic rings. The van der Waals surface area contributed by atoms with E-state index in [1.807, 2.05) is 0 Å². The van der Waals surface area contributed by atoms with Gasteiger partial charge in [0.25, 0.3) is 11.4 Å².